The molecule has 1 atom stereocenters. The molecule has 0 aliphatic carbocycles. The van der Waals surface area contributed by atoms with Gasteiger partial charge in [0.15, 0.2) is 0 Å². The maximum Gasteiger partial charge on any atom is 0.335 e. The Kier molecular flexibility index (Phi) is 4.72. The molecule has 1 aromatic carbocycles. The average Bonchev–Trinajstić information content (AvgIpc) is 2.41. The van der Waals surface area contributed by atoms with E-state index in [2.05, 4.69) is 15.9 Å². The molecule has 0 saturated carbocycles. The molecule has 2 N–H and O–H groups in total. The van der Waals surface area contributed by atoms with Crippen LogP contribution in [-0.2, 0) is 10.0 Å². The minimum Gasteiger partial charge on any atom is -0.478 e. The van der Waals surface area contributed by atoms with Crippen LogP contribution in [0.5, 0.6) is 0 Å². The summed E-state index contributed by atoms with van der Waals surface area (Å²) in [6.07, 6.45) is 0.475. The van der Waals surface area contributed by atoms with E-state index in [0.29, 0.717) is 29.4 Å². The van der Waals surface area contributed by atoms with Crippen molar-refractivity contribution in [1.82, 2.24) is 4.31 Å². The monoisotopic (exact) mass is 377 g/mol. The zero-order valence-electron chi connectivity index (χ0n) is 11.4. The van der Waals surface area contributed by atoms with Crippen molar-refractivity contribution in [2.24, 2.45) is 0 Å². The Labute approximate surface area is 131 Å². The second-order valence-corrected chi connectivity index (χ2v) is 7.81. The van der Waals surface area contributed by atoms with Crippen molar-refractivity contribution in [3.63, 3.8) is 0 Å². The molecule has 1 saturated heterocycles. The van der Waals surface area contributed by atoms with Gasteiger partial charge in [-0.3, -0.25) is 0 Å². The highest BCUT2D eigenvalue weighted by atomic mass is 79.9. The third kappa shape index (κ3) is 3.28. The summed E-state index contributed by atoms with van der Waals surface area (Å²) >= 11 is 3.20. The standard InChI is InChI=1S/C13H16BrNO5S/c1-8-11(14)5-9(13(17)18)6-12(8)21(19,20)15-4-2-3-10(16)7-15/h5-6,10,16H,2-4,7H2,1H3,(H,17,18). The first-order valence-corrected chi connectivity index (χ1v) is 8.68. The van der Waals surface area contributed by atoms with Crippen molar-refractivity contribution in [1.29, 1.82) is 0 Å². The number of piperidine rings is 1. The second kappa shape index (κ2) is 6.04. The number of benzene rings is 1. The molecule has 0 radical (unpaired) electrons. The maximum absolute atomic E-state index is 12.7. The Balaban J connectivity index is 2.51. The normalized spacial score (nSPS) is 20.4. The van der Waals surface area contributed by atoms with Gasteiger partial charge < -0.3 is 10.2 Å². The zero-order chi connectivity index (χ0) is 15.8. The highest BCUT2D eigenvalue weighted by Gasteiger charge is 2.31. The van der Waals surface area contributed by atoms with Gasteiger partial charge >= 0.3 is 5.97 Å². The molecule has 1 aliphatic heterocycles. The lowest BCUT2D eigenvalue weighted by atomic mass is 10.1. The number of halogens is 1. The van der Waals surface area contributed by atoms with Gasteiger partial charge in [0.25, 0.3) is 0 Å². The van der Waals surface area contributed by atoms with Crippen molar-refractivity contribution in [2.45, 2.75) is 30.8 Å². The molecule has 8 heteroatoms. The van der Waals surface area contributed by atoms with E-state index in [1.807, 2.05) is 0 Å². The topological polar surface area (TPSA) is 94.9 Å². The average molecular weight is 378 g/mol. The molecule has 0 aromatic heterocycles. The summed E-state index contributed by atoms with van der Waals surface area (Å²) in [7, 11) is -3.82. The number of nitrogens with zero attached hydrogens (tertiary/aromatic N) is 1. The molecule has 2 rings (SSSR count). The minimum atomic E-state index is -3.82. The Bertz CT molecular complexity index is 673. The fourth-order valence-electron chi connectivity index (χ4n) is 2.32. The van der Waals surface area contributed by atoms with Gasteiger partial charge in [-0.15, -0.1) is 0 Å². The van der Waals surface area contributed by atoms with E-state index in [9.17, 15) is 18.3 Å². The van der Waals surface area contributed by atoms with Gasteiger partial charge in [0.05, 0.1) is 16.6 Å². The molecule has 1 fully saturated rings. The highest BCUT2D eigenvalue weighted by molar-refractivity contribution is 9.10. The van der Waals surface area contributed by atoms with Crippen molar-refractivity contribution in [3.8, 4) is 0 Å². The van der Waals surface area contributed by atoms with Crippen LogP contribution in [0, 0.1) is 6.92 Å². The fourth-order valence-corrected chi connectivity index (χ4v) is 4.70. The Morgan fingerprint density at radius 3 is 2.67 bits per heavy atom. The fraction of sp³-hybridized carbons (Fsp3) is 0.462. The third-order valence-corrected chi connectivity index (χ3v) is 6.34. The minimum absolute atomic E-state index is 0.0384. The SMILES string of the molecule is Cc1c(Br)cc(C(=O)O)cc1S(=O)(=O)N1CCCC(O)C1. The van der Waals surface area contributed by atoms with Crippen LogP contribution in [0.25, 0.3) is 0 Å². The molecule has 1 aromatic rings. The first kappa shape index (κ1) is 16.4. The first-order chi connectivity index (χ1) is 9.73. The number of hydrogen-bond acceptors (Lipinski definition) is 4. The molecule has 6 nitrogen and oxygen atoms in total. The Morgan fingerprint density at radius 1 is 1.43 bits per heavy atom. The van der Waals surface area contributed by atoms with Crippen molar-refractivity contribution in [2.75, 3.05) is 13.1 Å². The Hall–Kier alpha value is -0.960. The number of β-amino-alcohol motifs (C(OH)–C–C–N with tert-alkyl or cyclic N) is 1. The summed E-state index contributed by atoms with van der Waals surface area (Å²) in [6.45, 7) is 1.98. The number of aliphatic hydroxyl groups excluding tert-OH is 1. The van der Waals surface area contributed by atoms with Gasteiger partial charge in [0, 0.05) is 17.6 Å². The van der Waals surface area contributed by atoms with E-state index in [0.717, 1.165) is 0 Å². The predicted octanol–water partition coefficient (Wildman–Crippen LogP) is 1.60. The van der Waals surface area contributed by atoms with Crippen LogP contribution in [0.3, 0.4) is 0 Å². The number of rotatable bonds is 3. The van der Waals surface area contributed by atoms with E-state index in [-0.39, 0.29) is 17.0 Å². The molecule has 116 valence electrons. The van der Waals surface area contributed by atoms with E-state index >= 15 is 0 Å². The summed E-state index contributed by atoms with van der Waals surface area (Å²) < 4.78 is 27.0. The number of aromatic carboxylic acids is 1. The van der Waals surface area contributed by atoms with E-state index in [1.165, 1.54) is 16.4 Å². The Morgan fingerprint density at radius 2 is 2.10 bits per heavy atom. The molecule has 0 spiro atoms. The number of carbonyl (C=O) groups is 1. The van der Waals surface area contributed by atoms with Crippen LogP contribution < -0.4 is 0 Å². The smallest absolute Gasteiger partial charge is 0.335 e. The summed E-state index contributed by atoms with van der Waals surface area (Å²) in [4.78, 5) is 11.1. The van der Waals surface area contributed by atoms with Gasteiger partial charge in [-0.1, -0.05) is 15.9 Å². The molecular formula is C13H16BrNO5S. The number of carboxylic acids is 1. The lowest BCUT2D eigenvalue weighted by Crippen LogP contribution is -2.42. The van der Waals surface area contributed by atoms with Crippen LogP contribution in [0.1, 0.15) is 28.8 Å². The largest absolute Gasteiger partial charge is 0.478 e. The second-order valence-electron chi connectivity index (χ2n) is 5.05. The van der Waals surface area contributed by atoms with E-state index < -0.39 is 22.1 Å². The van der Waals surface area contributed by atoms with Gasteiger partial charge in [-0.25, -0.2) is 13.2 Å². The lowest BCUT2D eigenvalue weighted by Gasteiger charge is -2.29. The van der Waals surface area contributed by atoms with Gasteiger partial charge in [-0.2, -0.15) is 4.31 Å². The molecule has 21 heavy (non-hydrogen) atoms. The highest BCUT2D eigenvalue weighted by Crippen LogP contribution is 2.29. The molecule has 1 heterocycles. The van der Waals surface area contributed by atoms with Crippen molar-refractivity contribution >= 4 is 31.9 Å². The van der Waals surface area contributed by atoms with E-state index in [1.54, 1.807) is 6.92 Å². The van der Waals surface area contributed by atoms with Crippen LogP contribution in [-0.4, -0.2) is 48.1 Å². The first-order valence-electron chi connectivity index (χ1n) is 6.45. The predicted molar refractivity (Wildman–Crippen MR) is 79.8 cm³/mol. The van der Waals surface area contributed by atoms with Crippen LogP contribution in [0.2, 0.25) is 0 Å². The molecule has 1 aliphatic rings. The number of carboxylic acid groups (broad SMARTS) is 1. The number of hydrogen-bond donors (Lipinski definition) is 2. The van der Waals surface area contributed by atoms with Crippen LogP contribution in [0.4, 0.5) is 0 Å². The van der Waals surface area contributed by atoms with Gasteiger partial charge in [0.1, 0.15) is 0 Å². The third-order valence-electron chi connectivity index (χ3n) is 3.52. The van der Waals surface area contributed by atoms with Crippen LogP contribution in [0.15, 0.2) is 21.5 Å². The number of aliphatic hydroxyl groups is 1. The van der Waals surface area contributed by atoms with Gasteiger partial charge in [-0.05, 0) is 37.5 Å². The molecule has 0 bridgehead atoms. The lowest BCUT2D eigenvalue weighted by molar-refractivity contribution is 0.0696. The summed E-state index contributed by atoms with van der Waals surface area (Å²) in [5, 5.41) is 18.7. The van der Waals surface area contributed by atoms with Crippen molar-refractivity contribution < 1.29 is 23.4 Å². The molecule has 1 unspecified atom stereocenters. The van der Waals surface area contributed by atoms with E-state index in [4.69, 9.17) is 5.11 Å². The summed E-state index contributed by atoms with van der Waals surface area (Å²) in [5.74, 6) is -1.19. The molecular weight excluding hydrogens is 362 g/mol. The van der Waals surface area contributed by atoms with Gasteiger partial charge in [0.2, 0.25) is 10.0 Å². The summed E-state index contributed by atoms with van der Waals surface area (Å²) in [5.41, 5.74) is 0.365. The molecule has 0 amide bonds. The summed E-state index contributed by atoms with van der Waals surface area (Å²) in [6, 6.07) is 2.54. The van der Waals surface area contributed by atoms with Crippen LogP contribution >= 0.6 is 15.9 Å². The number of sulfonamides is 1. The maximum atomic E-state index is 12.7. The quantitative estimate of drug-likeness (QED) is 0.833. The zero-order valence-corrected chi connectivity index (χ0v) is 13.8. The van der Waals surface area contributed by atoms with Crippen molar-refractivity contribution in [3.05, 3.63) is 27.7 Å².